The number of nitrogen functional groups attached to an aromatic ring is 1. The lowest BCUT2D eigenvalue weighted by molar-refractivity contribution is -0.168. The molecule has 0 saturated carbocycles. The number of nitrogens with two attached hydrogens (primary N) is 2. The highest BCUT2D eigenvalue weighted by Crippen LogP contribution is 2.36. The molecule has 3 rings (SSSR count). The molecule has 0 unspecified atom stereocenters. The number of ether oxygens (including phenoxy) is 3. The summed E-state index contributed by atoms with van der Waals surface area (Å²) >= 11 is 0. The molecule has 2 aromatic rings. The smallest absolute Gasteiger partial charge is 0.306 e. The van der Waals surface area contributed by atoms with Crippen molar-refractivity contribution in [3.05, 3.63) is 47.9 Å². The Bertz CT molecular complexity index is 1040. The second-order valence-corrected chi connectivity index (χ2v) is 9.05. The summed E-state index contributed by atoms with van der Waals surface area (Å²) in [7, 11) is 0. The van der Waals surface area contributed by atoms with Crippen molar-refractivity contribution in [2.75, 3.05) is 12.3 Å². The Labute approximate surface area is 216 Å². The fourth-order valence-electron chi connectivity index (χ4n) is 4.15. The van der Waals surface area contributed by atoms with Gasteiger partial charge in [0, 0.05) is 25.9 Å². The van der Waals surface area contributed by atoms with Gasteiger partial charge in [-0.15, -0.1) is 0 Å². The van der Waals surface area contributed by atoms with Crippen LogP contribution in [0, 0.1) is 0 Å². The summed E-state index contributed by atoms with van der Waals surface area (Å²) in [5.74, 6) is -1.67. The fourth-order valence-corrected chi connectivity index (χ4v) is 4.15. The first-order chi connectivity index (χ1) is 17.8. The first-order valence-electron chi connectivity index (χ1n) is 12.8. The standard InChI is InChI=1S/C26H37N5O6/c1-3-5-12-19(32)36-22-18(15-29-14-17-10-8-7-9-11-17)35-26(23(22)37-20(33)13-6-4-2)31-16-30-21(24(31)27)25(28)34/h7-11,16,18,22-23,26,29H,3-6,12-15,27H2,1-2H3,(H2,28,34)/t18-,22-,23-,26-/m1/s1. The Kier molecular flexibility index (Phi) is 10.5. The van der Waals surface area contributed by atoms with Crippen molar-refractivity contribution >= 4 is 23.7 Å². The third-order valence-electron chi connectivity index (χ3n) is 6.15. The third kappa shape index (κ3) is 7.53. The van der Waals surface area contributed by atoms with E-state index in [4.69, 9.17) is 25.7 Å². The Morgan fingerprint density at radius 1 is 1.03 bits per heavy atom. The topological polar surface area (TPSA) is 161 Å². The van der Waals surface area contributed by atoms with Crippen LogP contribution in [0.15, 0.2) is 36.7 Å². The zero-order chi connectivity index (χ0) is 26.8. The molecule has 202 valence electrons. The van der Waals surface area contributed by atoms with Gasteiger partial charge in [0.1, 0.15) is 11.9 Å². The Balaban J connectivity index is 1.88. The number of esters is 2. The Morgan fingerprint density at radius 2 is 1.65 bits per heavy atom. The van der Waals surface area contributed by atoms with Gasteiger partial charge in [-0.25, -0.2) is 4.98 Å². The second kappa shape index (κ2) is 13.8. The number of carbonyl (C=O) groups excluding carboxylic acids is 3. The molecule has 4 atom stereocenters. The molecular weight excluding hydrogens is 478 g/mol. The first-order valence-corrected chi connectivity index (χ1v) is 12.8. The second-order valence-electron chi connectivity index (χ2n) is 9.05. The van der Waals surface area contributed by atoms with E-state index in [0.29, 0.717) is 25.9 Å². The zero-order valence-corrected chi connectivity index (χ0v) is 21.4. The maximum Gasteiger partial charge on any atom is 0.306 e. The summed E-state index contributed by atoms with van der Waals surface area (Å²) in [4.78, 5) is 41.1. The molecule has 1 fully saturated rings. The molecule has 5 N–H and O–H groups in total. The van der Waals surface area contributed by atoms with Gasteiger partial charge in [-0.1, -0.05) is 57.0 Å². The largest absolute Gasteiger partial charge is 0.455 e. The molecule has 1 aliphatic rings. The molecule has 0 spiro atoms. The summed E-state index contributed by atoms with van der Waals surface area (Å²) < 4.78 is 19.3. The molecule has 0 bridgehead atoms. The average Bonchev–Trinajstić information content (AvgIpc) is 3.42. The summed E-state index contributed by atoms with van der Waals surface area (Å²) in [5.41, 5.74) is 12.5. The van der Waals surface area contributed by atoms with Gasteiger partial charge in [0.2, 0.25) is 0 Å². The van der Waals surface area contributed by atoms with Crippen LogP contribution in [0.3, 0.4) is 0 Å². The highest BCUT2D eigenvalue weighted by molar-refractivity contribution is 5.95. The number of nitrogens with zero attached hydrogens (tertiary/aromatic N) is 2. The van der Waals surface area contributed by atoms with Crippen molar-refractivity contribution in [1.29, 1.82) is 0 Å². The van der Waals surface area contributed by atoms with Crippen molar-refractivity contribution in [1.82, 2.24) is 14.9 Å². The molecule has 0 aliphatic carbocycles. The van der Waals surface area contributed by atoms with E-state index in [1.807, 2.05) is 44.2 Å². The van der Waals surface area contributed by atoms with Crippen LogP contribution >= 0.6 is 0 Å². The highest BCUT2D eigenvalue weighted by Gasteiger charge is 2.50. The van der Waals surface area contributed by atoms with Gasteiger partial charge in [0.25, 0.3) is 5.91 Å². The van der Waals surface area contributed by atoms with Gasteiger partial charge < -0.3 is 31.0 Å². The molecule has 37 heavy (non-hydrogen) atoms. The van der Waals surface area contributed by atoms with E-state index in [9.17, 15) is 14.4 Å². The number of amides is 1. The minimum absolute atomic E-state index is 0.0268. The zero-order valence-electron chi connectivity index (χ0n) is 21.4. The lowest BCUT2D eigenvalue weighted by atomic mass is 10.1. The first kappa shape index (κ1) is 28.1. The average molecular weight is 516 g/mol. The van der Waals surface area contributed by atoms with E-state index in [-0.39, 0.29) is 24.4 Å². The van der Waals surface area contributed by atoms with Crippen molar-refractivity contribution in [2.45, 2.75) is 83.5 Å². The molecule has 0 radical (unpaired) electrons. The van der Waals surface area contributed by atoms with Crippen molar-refractivity contribution in [2.24, 2.45) is 5.73 Å². The molecule has 1 aromatic heterocycles. The molecule has 1 aliphatic heterocycles. The van der Waals surface area contributed by atoms with Crippen molar-refractivity contribution in [3.8, 4) is 0 Å². The predicted molar refractivity (Wildman–Crippen MR) is 136 cm³/mol. The Hall–Kier alpha value is -3.44. The number of aromatic nitrogens is 2. The number of hydrogen-bond donors (Lipinski definition) is 3. The maximum absolute atomic E-state index is 12.7. The van der Waals surface area contributed by atoms with Crippen LogP contribution < -0.4 is 16.8 Å². The van der Waals surface area contributed by atoms with Gasteiger partial charge in [0.15, 0.2) is 24.1 Å². The molecular formula is C26H37N5O6. The maximum atomic E-state index is 12.7. The molecule has 11 nitrogen and oxygen atoms in total. The number of anilines is 1. The monoisotopic (exact) mass is 515 g/mol. The number of imidazole rings is 1. The lowest BCUT2D eigenvalue weighted by Crippen LogP contribution is -2.43. The molecule has 2 heterocycles. The van der Waals surface area contributed by atoms with E-state index < -0.39 is 42.4 Å². The molecule has 11 heteroatoms. The third-order valence-corrected chi connectivity index (χ3v) is 6.15. The number of carbonyl (C=O) groups is 3. The van der Waals surface area contributed by atoms with E-state index in [2.05, 4.69) is 10.3 Å². The number of unbranched alkanes of at least 4 members (excludes halogenated alkanes) is 2. The number of hydrogen-bond acceptors (Lipinski definition) is 9. The van der Waals surface area contributed by atoms with E-state index in [1.54, 1.807) is 0 Å². The van der Waals surface area contributed by atoms with Crippen LogP contribution in [0.4, 0.5) is 5.82 Å². The normalized spacial score (nSPS) is 21.0. The van der Waals surface area contributed by atoms with Crippen molar-refractivity contribution in [3.63, 3.8) is 0 Å². The minimum Gasteiger partial charge on any atom is -0.455 e. The van der Waals surface area contributed by atoms with Crippen LogP contribution in [-0.4, -0.2) is 52.3 Å². The summed E-state index contributed by atoms with van der Waals surface area (Å²) in [6.07, 6.45) is 1.18. The van der Waals surface area contributed by atoms with Gasteiger partial charge in [-0.05, 0) is 18.4 Å². The minimum atomic E-state index is -1.00. The highest BCUT2D eigenvalue weighted by atomic mass is 16.6. The Morgan fingerprint density at radius 3 is 2.22 bits per heavy atom. The SMILES string of the molecule is CCCCC(=O)O[C@@H]1[C@H](OC(=O)CCCC)[C@@H](CNCc2ccccc2)O[C@H]1n1cnc(C(N)=O)c1N. The lowest BCUT2D eigenvalue weighted by Gasteiger charge is -2.25. The van der Waals surface area contributed by atoms with E-state index in [1.165, 1.54) is 10.9 Å². The van der Waals surface area contributed by atoms with Crippen LogP contribution in [0.5, 0.6) is 0 Å². The van der Waals surface area contributed by atoms with Gasteiger partial charge in [-0.3, -0.25) is 19.0 Å². The van der Waals surface area contributed by atoms with Gasteiger partial charge >= 0.3 is 11.9 Å². The van der Waals surface area contributed by atoms with Crippen molar-refractivity contribution < 1.29 is 28.6 Å². The van der Waals surface area contributed by atoms with Crippen LogP contribution in [0.1, 0.15) is 74.7 Å². The number of benzene rings is 1. The molecule has 1 aromatic carbocycles. The van der Waals surface area contributed by atoms with Gasteiger partial charge in [-0.2, -0.15) is 0 Å². The van der Waals surface area contributed by atoms with Crippen LogP contribution in [0.25, 0.3) is 0 Å². The number of rotatable bonds is 14. The van der Waals surface area contributed by atoms with E-state index >= 15 is 0 Å². The fraction of sp³-hybridized carbons (Fsp3) is 0.538. The number of primary amides is 1. The summed E-state index contributed by atoms with van der Waals surface area (Å²) in [6.45, 7) is 4.81. The number of nitrogens with one attached hydrogen (secondary N) is 1. The van der Waals surface area contributed by atoms with Gasteiger partial charge in [0.05, 0.1) is 6.33 Å². The summed E-state index contributed by atoms with van der Waals surface area (Å²) in [6, 6.07) is 9.81. The molecule has 1 saturated heterocycles. The van der Waals surface area contributed by atoms with E-state index in [0.717, 1.165) is 18.4 Å². The summed E-state index contributed by atoms with van der Waals surface area (Å²) in [5, 5.41) is 3.32. The quantitative estimate of drug-likeness (QED) is 0.321. The van der Waals surface area contributed by atoms with Crippen LogP contribution in [-0.2, 0) is 30.3 Å². The van der Waals surface area contributed by atoms with Crippen LogP contribution in [0.2, 0.25) is 0 Å². The predicted octanol–water partition coefficient (Wildman–Crippen LogP) is 2.46. The molecule has 1 amide bonds.